The lowest BCUT2D eigenvalue weighted by Gasteiger charge is -2.04. The van der Waals surface area contributed by atoms with E-state index in [4.69, 9.17) is 0 Å². The second kappa shape index (κ2) is 4.15. The number of phenols is 2. The Balaban J connectivity index is 2.24. The van der Waals surface area contributed by atoms with Gasteiger partial charge in [0.2, 0.25) is 0 Å². The van der Waals surface area contributed by atoms with Crippen molar-refractivity contribution in [3.05, 3.63) is 30.0 Å². The van der Waals surface area contributed by atoms with Crippen molar-refractivity contribution in [2.45, 2.75) is 0 Å². The lowest BCUT2D eigenvalue weighted by atomic mass is 10.2. The van der Waals surface area contributed by atoms with E-state index < -0.39 is 5.91 Å². The van der Waals surface area contributed by atoms with Gasteiger partial charge in [-0.2, -0.15) is 0 Å². The highest BCUT2D eigenvalue weighted by molar-refractivity contribution is 7.10. The van der Waals surface area contributed by atoms with Crippen LogP contribution in [0.1, 0.15) is 10.4 Å². The summed E-state index contributed by atoms with van der Waals surface area (Å²) in [5.74, 6) is -0.822. The first kappa shape index (κ1) is 10.4. The van der Waals surface area contributed by atoms with Crippen LogP contribution in [-0.4, -0.2) is 25.7 Å². The fourth-order valence-corrected chi connectivity index (χ4v) is 1.52. The minimum absolute atomic E-state index is 0.00611. The number of hydrogen-bond donors (Lipinski definition) is 3. The number of anilines is 1. The molecule has 82 valence electrons. The van der Waals surface area contributed by atoms with Gasteiger partial charge in [0.15, 0.2) is 0 Å². The molecule has 2 rings (SSSR count). The van der Waals surface area contributed by atoms with Gasteiger partial charge < -0.3 is 15.5 Å². The van der Waals surface area contributed by atoms with Crippen LogP contribution in [0.25, 0.3) is 0 Å². The van der Waals surface area contributed by atoms with E-state index in [1.54, 1.807) is 0 Å². The molecule has 0 aliphatic heterocycles. The summed E-state index contributed by atoms with van der Waals surface area (Å²) < 4.78 is 3.57. The Morgan fingerprint density at radius 2 is 2.19 bits per heavy atom. The molecule has 0 aliphatic carbocycles. The summed E-state index contributed by atoms with van der Waals surface area (Å²) in [6.45, 7) is 0. The Kier molecular flexibility index (Phi) is 2.69. The van der Waals surface area contributed by atoms with Crippen LogP contribution in [0.2, 0.25) is 0 Å². The summed E-state index contributed by atoms with van der Waals surface area (Å²) in [6, 6.07) is 3.72. The van der Waals surface area contributed by atoms with Crippen LogP contribution in [0.3, 0.4) is 0 Å². The third-order valence-electron chi connectivity index (χ3n) is 1.82. The van der Waals surface area contributed by atoms with Gasteiger partial charge in [-0.1, -0.05) is 4.49 Å². The highest BCUT2D eigenvalue weighted by atomic mass is 32.1. The maximum atomic E-state index is 11.7. The third kappa shape index (κ3) is 2.09. The van der Waals surface area contributed by atoms with Gasteiger partial charge in [0.1, 0.15) is 16.5 Å². The van der Waals surface area contributed by atoms with Crippen LogP contribution in [0.5, 0.6) is 11.5 Å². The van der Waals surface area contributed by atoms with Crippen LogP contribution in [0.4, 0.5) is 5.00 Å². The average molecular weight is 237 g/mol. The molecule has 2 aromatic rings. The van der Waals surface area contributed by atoms with Gasteiger partial charge in [0.05, 0.1) is 11.8 Å². The number of aromatic hydroxyl groups is 2. The Morgan fingerprint density at radius 3 is 2.88 bits per heavy atom. The van der Waals surface area contributed by atoms with Crippen LogP contribution in [0.15, 0.2) is 24.4 Å². The van der Waals surface area contributed by atoms with Gasteiger partial charge in [0, 0.05) is 11.5 Å². The van der Waals surface area contributed by atoms with Crippen molar-refractivity contribution in [2.75, 3.05) is 5.32 Å². The third-order valence-corrected chi connectivity index (χ3v) is 2.40. The first-order valence-electron chi connectivity index (χ1n) is 4.27. The zero-order valence-corrected chi connectivity index (χ0v) is 8.73. The van der Waals surface area contributed by atoms with Crippen molar-refractivity contribution in [1.82, 2.24) is 9.59 Å². The minimum atomic E-state index is -0.528. The summed E-state index contributed by atoms with van der Waals surface area (Å²) in [4.78, 5) is 11.7. The Labute approximate surface area is 94.3 Å². The molecule has 0 spiro atoms. The smallest absolute Gasteiger partial charge is 0.260 e. The number of rotatable bonds is 2. The molecule has 0 aliphatic rings. The molecule has 6 nitrogen and oxygen atoms in total. The summed E-state index contributed by atoms with van der Waals surface area (Å²) in [5, 5.41) is 25.1. The van der Waals surface area contributed by atoms with Gasteiger partial charge in [-0.3, -0.25) is 4.79 Å². The molecule has 1 aromatic carbocycles. The second-order valence-electron chi connectivity index (χ2n) is 2.94. The fourth-order valence-electron chi connectivity index (χ4n) is 1.11. The van der Waals surface area contributed by atoms with E-state index >= 15 is 0 Å². The highest BCUT2D eigenvalue weighted by Crippen LogP contribution is 2.23. The van der Waals surface area contributed by atoms with Crippen LogP contribution in [0, 0.1) is 0 Å². The summed E-state index contributed by atoms with van der Waals surface area (Å²) in [7, 11) is 0. The van der Waals surface area contributed by atoms with Crippen molar-refractivity contribution in [3.63, 3.8) is 0 Å². The van der Waals surface area contributed by atoms with Gasteiger partial charge in [-0.25, -0.2) is 0 Å². The lowest BCUT2D eigenvalue weighted by Crippen LogP contribution is -2.10. The van der Waals surface area contributed by atoms with Crippen LogP contribution >= 0.6 is 11.5 Å². The Morgan fingerprint density at radius 1 is 1.38 bits per heavy atom. The largest absolute Gasteiger partial charge is 0.508 e. The lowest BCUT2D eigenvalue weighted by molar-refractivity contribution is 0.102. The first-order valence-corrected chi connectivity index (χ1v) is 5.05. The quantitative estimate of drug-likeness (QED) is 0.682. The number of nitrogens with one attached hydrogen (secondary N) is 1. The summed E-state index contributed by atoms with van der Waals surface area (Å²) in [5.41, 5.74) is -0.00611. The molecule has 16 heavy (non-hydrogen) atoms. The van der Waals surface area contributed by atoms with E-state index in [0.29, 0.717) is 5.00 Å². The number of aromatic nitrogens is 2. The monoisotopic (exact) mass is 237 g/mol. The molecule has 0 saturated heterocycles. The molecule has 0 saturated carbocycles. The molecule has 0 fully saturated rings. The average Bonchev–Trinajstić information content (AvgIpc) is 2.74. The predicted octanol–water partition coefficient (Wildman–Crippen LogP) is 1.20. The molecule has 0 radical (unpaired) electrons. The maximum Gasteiger partial charge on any atom is 0.260 e. The molecule has 3 N–H and O–H groups in total. The molecule has 1 aromatic heterocycles. The van der Waals surface area contributed by atoms with Crippen molar-refractivity contribution in [3.8, 4) is 11.5 Å². The zero-order chi connectivity index (χ0) is 11.5. The second-order valence-corrected chi connectivity index (χ2v) is 3.72. The number of phenolic OH excluding ortho intramolecular Hbond substituents is 2. The number of nitrogens with zero attached hydrogens (tertiary/aromatic N) is 2. The van der Waals surface area contributed by atoms with E-state index in [2.05, 4.69) is 14.9 Å². The zero-order valence-electron chi connectivity index (χ0n) is 7.91. The number of carbonyl (C=O) groups excluding carboxylic acids is 1. The molecule has 1 heterocycles. The highest BCUT2D eigenvalue weighted by Gasteiger charge is 2.12. The van der Waals surface area contributed by atoms with Gasteiger partial charge in [-0.05, 0) is 18.2 Å². The van der Waals surface area contributed by atoms with E-state index in [-0.39, 0.29) is 17.1 Å². The molecule has 1 amide bonds. The van der Waals surface area contributed by atoms with Gasteiger partial charge >= 0.3 is 0 Å². The fraction of sp³-hybridized carbons (Fsp3) is 0. The molecule has 0 bridgehead atoms. The molecule has 7 heteroatoms. The molecular weight excluding hydrogens is 230 g/mol. The topological polar surface area (TPSA) is 95.3 Å². The van der Waals surface area contributed by atoms with Crippen molar-refractivity contribution >= 4 is 22.4 Å². The van der Waals surface area contributed by atoms with Crippen molar-refractivity contribution in [2.24, 2.45) is 0 Å². The van der Waals surface area contributed by atoms with Gasteiger partial charge in [-0.15, -0.1) is 5.10 Å². The summed E-state index contributed by atoms with van der Waals surface area (Å²) >= 11 is 1.02. The molecule has 0 unspecified atom stereocenters. The SMILES string of the molecule is O=C(Nc1cnns1)c1cc(O)ccc1O. The molecular formula is C9H7N3O3S. The van der Waals surface area contributed by atoms with Gasteiger partial charge in [0.25, 0.3) is 5.91 Å². The van der Waals surface area contributed by atoms with Crippen molar-refractivity contribution < 1.29 is 15.0 Å². The van der Waals surface area contributed by atoms with E-state index in [1.165, 1.54) is 24.4 Å². The van der Waals surface area contributed by atoms with Crippen molar-refractivity contribution in [1.29, 1.82) is 0 Å². The van der Waals surface area contributed by atoms with E-state index in [0.717, 1.165) is 11.5 Å². The minimum Gasteiger partial charge on any atom is -0.508 e. The van der Waals surface area contributed by atoms with E-state index in [1.807, 2.05) is 0 Å². The maximum absolute atomic E-state index is 11.7. The normalized spacial score (nSPS) is 10.0. The number of hydrogen-bond acceptors (Lipinski definition) is 6. The predicted molar refractivity (Wildman–Crippen MR) is 57.6 cm³/mol. The van der Waals surface area contributed by atoms with Crippen LogP contribution < -0.4 is 5.32 Å². The Bertz CT molecular complexity index is 513. The number of benzene rings is 1. The molecule has 0 atom stereocenters. The van der Waals surface area contributed by atoms with E-state index in [9.17, 15) is 15.0 Å². The Hall–Kier alpha value is -2.15. The van der Waals surface area contributed by atoms with Crippen LogP contribution in [-0.2, 0) is 0 Å². The standard InChI is InChI=1S/C9H7N3O3S/c13-5-1-2-7(14)6(3-5)9(15)11-8-4-10-12-16-8/h1-4,13-14H,(H,11,15). The number of amides is 1. The number of carbonyl (C=O) groups is 1. The summed E-state index contributed by atoms with van der Waals surface area (Å²) in [6.07, 6.45) is 1.39. The first-order chi connectivity index (χ1) is 7.66.